The molecule has 2 aromatic carbocycles. The lowest BCUT2D eigenvalue weighted by atomic mass is 9.99. The van der Waals surface area contributed by atoms with Crippen LogP contribution in [0.1, 0.15) is 24.0 Å². The Morgan fingerprint density at radius 1 is 1.14 bits per heavy atom. The van der Waals surface area contributed by atoms with Crippen molar-refractivity contribution in [2.45, 2.75) is 32.4 Å². The third-order valence-electron chi connectivity index (χ3n) is 3.85. The molecule has 0 aromatic heterocycles. The number of aryl methyl sites for hydroxylation is 1. The number of hydrogen-bond donors (Lipinski definition) is 1. The number of ether oxygens (including phenoxy) is 1. The molecular formula is C18H20FNO. The lowest BCUT2D eigenvalue weighted by Gasteiger charge is -2.12. The Labute approximate surface area is 125 Å². The Morgan fingerprint density at radius 2 is 1.95 bits per heavy atom. The van der Waals surface area contributed by atoms with Crippen LogP contribution in [0.25, 0.3) is 11.1 Å². The van der Waals surface area contributed by atoms with Crippen LogP contribution in [0.5, 0.6) is 5.75 Å². The summed E-state index contributed by atoms with van der Waals surface area (Å²) in [5.74, 6) is 0.487. The van der Waals surface area contributed by atoms with Gasteiger partial charge in [-0.05, 0) is 49.6 Å². The highest BCUT2D eigenvalue weighted by Gasteiger charge is 2.20. The van der Waals surface area contributed by atoms with Crippen molar-refractivity contribution in [1.29, 1.82) is 0 Å². The Kier molecular flexibility index (Phi) is 3.93. The minimum Gasteiger partial charge on any atom is -0.496 e. The average molecular weight is 285 g/mol. The molecule has 0 spiro atoms. The SMILES string of the molecule is COc1ccc(C)cc1-c1cc(CNC2CC2)ccc1F. The highest BCUT2D eigenvalue weighted by atomic mass is 19.1. The molecule has 1 N–H and O–H groups in total. The fourth-order valence-corrected chi connectivity index (χ4v) is 2.47. The van der Waals surface area contributed by atoms with Crippen LogP contribution in [-0.2, 0) is 6.54 Å². The fraction of sp³-hybridized carbons (Fsp3) is 0.333. The van der Waals surface area contributed by atoms with Crippen LogP contribution in [0.3, 0.4) is 0 Å². The number of hydrogen-bond acceptors (Lipinski definition) is 2. The van der Waals surface area contributed by atoms with Crippen molar-refractivity contribution < 1.29 is 9.13 Å². The van der Waals surface area contributed by atoms with Gasteiger partial charge in [0.2, 0.25) is 0 Å². The number of benzene rings is 2. The van der Waals surface area contributed by atoms with Gasteiger partial charge in [0.15, 0.2) is 0 Å². The Balaban J connectivity index is 1.95. The van der Waals surface area contributed by atoms with Gasteiger partial charge in [0.05, 0.1) is 7.11 Å². The molecule has 3 rings (SSSR count). The summed E-state index contributed by atoms with van der Waals surface area (Å²) >= 11 is 0. The quantitative estimate of drug-likeness (QED) is 0.894. The summed E-state index contributed by atoms with van der Waals surface area (Å²) in [7, 11) is 1.62. The molecule has 110 valence electrons. The molecule has 0 heterocycles. The van der Waals surface area contributed by atoms with Crippen LogP contribution in [0, 0.1) is 12.7 Å². The molecule has 0 radical (unpaired) electrons. The summed E-state index contributed by atoms with van der Waals surface area (Å²) < 4.78 is 19.6. The molecule has 0 unspecified atom stereocenters. The molecule has 0 amide bonds. The van der Waals surface area contributed by atoms with E-state index in [0.717, 1.165) is 23.2 Å². The van der Waals surface area contributed by atoms with E-state index >= 15 is 0 Å². The third kappa shape index (κ3) is 3.24. The molecule has 1 fully saturated rings. The Hall–Kier alpha value is -1.87. The van der Waals surface area contributed by atoms with Gasteiger partial charge in [0, 0.05) is 23.7 Å². The molecular weight excluding hydrogens is 265 g/mol. The number of rotatable bonds is 5. The summed E-state index contributed by atoms with van der Waals surface area (Å²) in [6, 6.07) is 11.8. The number of nitrogens with one attached hydrogen (secondary N) is 1. The summed E-state index contributed by atoms with van der Waals surface area (Å²) in [5, 5.41) is 3.46. The highest BCUT2D eigenvalue weighted by Crippen LogP contribution is 2.33. The van der Waals surface area contributed by atoms with Gasteiger partial charge < -0.3 is 10.1 Å². The van der Waals surface area contributed by atoms with Crippen molar-refractivity contribution in [1.82, 2.24) is 5.32 Å². The topological polar surface area (TPSA) is 21.3 Å². The van der Waals surface area contributed by atoms with Gasteiger partial charge in [0.25, 0.3) is 0 Å². The smallest absolute Gasteiger partial charge is 0.131 e. The van der Waals surface area contributed by atoms with Gasteiger partial charge in [-0.3, -0.25) is 0 Å². The first-order valence-electron chi connectivity index (χ1n) is 7.34. The minimum atomic E-state index is -0.214. The van der Waals surface area contributed by atoms with E-state index in [1.165, 1.54) is 12.8 Å². The van der Waals surface area contributed by atoms with Gasteiger partial charge in [-0.1, -0.05) is 17.7 Å². The van der Waals surface area contributed by atoms with E-state index in [1.54, 1.807) is 13.2 Å². The molecule has 0 atom stereocenters. The molecule has 0 bridgehead atoms. The first-order chi connectivity index (χ1) is 10.2. The van der Waals surface area contributed by atoms with Crippen LogP contribution in [0.15, 0.2) is 36.4 Å². The largest absolute Gasteiger partial charge is 0.496 e. The molecule has 0 saturated heterocycles. The van der Waals surface area contributed by atoms with Crippen molar-refractivity contribution >= 4 is 0 Å². The standard InChI is InChI=1S/C18H20FNO/c1-12-3-8-18(21-2)16(9-12)15-10-13(4-7-17(15)19)11-20-14-5-6-14/h3-4,7-10,14,20H,5-6,11H2,1-2H3. The maximum Gasteiger partial charge on any atom is 0.131 e. The molecule has 2 aromatic rings. The van der Waals surface area contributed by atoms with E-state index in [2.05, 4.69) is 5.32 Å². The Morgan fingerprint density at radius 3 is 2.67 bits per heavy atom. The van der Waals surface area contributed by atoms with Crippen molar-refractivity contribution in [3.63, 3.8) is 0 Å². The second-order valence-electron chi connectivity index (χ2n) is 5.67. The lowest BCUT2D eigenvalue weighted by molar-refractivity contribution is 0.416. The minimum absolute atomic E-state index is 0.214. The van der Waals surface area contributed by atoms with E-state index in [4.69, 9.17) is 4.74 Å². The van der Waals surface area contributed by atoms with Crippen LogP contribution >= 0.6 is 0 Å². The normalized spacial score (nSPS) is 14.2. The van der Waals surface area contributed by atoms with Crippen molar-refractivity contribution in [3.8, 4) is 16.9 Å². The zero-order valence-electron chi connectivity index (χ0n) is 12.4. The van der Waals surface area contributed by atoms with Crippen LogP contribution < -0.4 is 10.1 Å². The predicted octanol–water partition coefficient (Wildman–Crippen LogP) is 4.06. The summed E-state index contributed by atoms with van der Waals surface area (Å²) in [6.07, 6.45) is 2.50. The van der Waals surface area contributed by atoms with Gasteiger partial charge in [-0.2, -0.15) is 0 Å². The summed E-state index contributed by atoms with van der Waals surface area (Å²) in [4.78, 5) is 0. The predicted molar refractivity (Wildman–Crippen MR) is 83.0 cm³/mol. The van der Waals surface area contributed by atoms with E-state index in [-0.39, 0.29) is 5.82 Å². The van der Waals surface area contributed by atoms with E-state index in [0.29, 0.717) is 17.4 Å². The fourth-order valence-electron chi connectivity index (χ4n) is 2.47. The lowest BCUT2D eigenvalue weighted by Crippen LogP contribution is -2.15. The number of halogens is 1. The van der Waals surface area contributed by atoms with Gasteiger partial charge in [-0.25, -0.2) is 4.39 Å². The number of methoxy groups -OCH3 is 1. The highest BCUT2D eigenvalue weighted by molar-refractivity contribution is 5.72. The first-order valence-corrected chi connectivity index (χ1v) is 7.34. The zero-order chi connectivity index (χ0) is 14.8. The maximum absolute atomic E-state index is 14.2. The second-order valence-corrected chi connectivity index (χ2v) is 5.67. The molecule has 1 saturated carbocycles. The molecule has 1 aliphatic rings. The molecule has 3 heteroatoms. The molecule has 1 aliphatic carbocycles. The van der Waals surface area contributed by atoms with Gasteiger partial charge in [0.1, 0.15) is 11.6 Å². The average Bonchev–Trinajstić information content (AvgIpc) is 3.30. The van der Waals surface area contributed by atoms with Gasteiger partial charge >= 0.3 is 0 Å². The second kappa shape index (κ2) is 5.86. The zero-order valence-corrected chi connectivity index (χ0v) is 12.4. The van der Waals surface area contributed by atoms with Crippen LogP contribution in [0.2, 0.25) is 0 Å². The molecule has 2 nitrogen and oxygen atoms in total. The van der Waals surface area contributed by atoms with Gasteiger partial charge in [-0.15, -0.1) is 0 Å². The molecule has 0 aliphatic heterocycles. The van der Waals surface area contributed by atoms with Crippen LogP contribution in [0.4, 0.5) is 4.39 Å². The van der Waals surface area contributed by atoms with Crippen molar-refractivity contribution in [3.05, 3.63) is 53.3 Å². The molecule has 21 heavy (non-hydrogen) atoms. The van der Waals surface area contributed by atoms with E-state index < -0.39 is 0 Å². The van der Waals surface area contributed by atoms with E-state index in [9.17, 15) is 4.39 Å². The summed E-state index contributed by atoms with van der Waals surface area (Å²) in [5.41, 5.74) is 3.60. The maximum atomic E-state index is 14.2. The van der Waals surface area contributed by atoms with Crippen LogP contribution in [-0.4, -0.2) is 13.2 Å². The van der Waals surface area contributed by atoms with Crippen molar-refractivity contribution in [2.24, 2.45) is 0 Å². The summed E-state index contributed by atoms with van der Waals surface area (Å²) in [6.45, 7) is 2.78. The monoisotopic (exact) mass is 285 g/mol. The van der Waals surface area contributed by atoms with Crippen molar-refractivity contribution in [2.75, 3.05) is 7.11 Å². The Bertz CT molecular complexity index is 650. The van der Waals surface area contributed by atoms with E-state index in [1.807, 2.05) is 37.3 Å². The third-order valence-corrected chi connectivity index (χ3v) is 3.85. The first kappa shape index (κ1) is 14.1.